The van der Waals surface area contributed by atoms with Gasteiger partial charge in [0.1, 0.15) is 18.4 Å². The Kier molecular flexibility index (Phi) is 4.17. The van der Waals surface area contributed by atoms with Crippen LogP contribution in [0.1, 0.15) is 24.9 Å². The molecule has 0 fully saturated rings. The van der Waals surface area contributed by atoms with Crippen LogP contribution in [0.15, 0.2) is 18.2 Å². The molecule has 1 unspecified atom stereocenters. The molecule has 5 nitrogen and oxygen atoms in total. The molecule has 0 saturated heterocycles. The van der Waals surface area contributed by atoms with Gasteiger partial charge in [0, 0.05) is 23.9 Å². The van der Waals surface area contributed by atoms with Crippen LogP contribution < -0.4 is 15.8 Å². The van der Waals surface area contributed by atoms with Crippen molar-refractivity contribution >= 4 is 11.6 Å². The van der Waals surface area contributed by atoms with E-state index in [-0.39, 0.29) is 5.91 Å². The van der Waals surface area contributed by atoms with E-state index in [4.69, 9.17) is 15.2 Å². The summed E-state index contributed by atoms with van der Waals surface area (Å²) in [4.78, 5) is 11.4. The Morgan fingerprint density at radius 3 is 2.94 bits per heavy atom. The van der Waals surface area contributed by atoms with Gasteiger partial charge in [0.25, 0.3) is 0 Å². The second-order valence-electron chi connectivity index (χ2n) is 4.18. The predicted molar refractivity (Wildman–Crippen MR) is 68.6 cm³/mol. The smallest absolute Gasteiger partial charge is 0.245 e. The van der Waals surface area contributed by atoms with Gasteiger partial charge in [-0.05, 0) is 12.5 Å². The van der Waals surface area contributed by atoms with Crippen LogP contribution in [0.5, 0.6) is 5.75 Å². The number of hydrogen-bond donors (Lipinski definition) is 2. The number of rotatable bonds is 6. The standard InChI is InChI=1S/C13H18N2O3/c1-2-5-17-6-7-18-9-3-4-10-11(8-9)15-13(16)12(10)14/h3-4,8,12H,2,5-7,14H2,1H3,(H,15,16). The molecule has 1 aliphatic rings. The third-order valence-electron chi connectivity index (χ3n) is 2.75. The van der Waals surface area contributed by atoms with E-state index in [1.165, 1.54) is 0 Å². The van der Waals surface area contributed by atoms with Gasteiger partial charge in [0.05, 0.1) is 6.61 Å². The van der Waals surface area contributed by atoms with Crippen molar-refractivity contribution in [2.45, 2.75) is 19.4 Å². The van der Waals surface area contributed by atoms with Crippen LogP contribution in [0.2, 0.25) is 0 Å². The van der Waals surface area contributed by atoms with E-state index in [2.05, 4.69) is 12.2 Å². The minimum atomic E-state index is -0.568. The molecule has 0 aromatic heterocycles. The third kappa shape index (κ3) is 2.80. The van der Waals surface area contributed by atoms with Crippen LogP contribution in [0, 0.1) is 0 Å². The largest absolute Gasteiger partial charge is 0.491 e. The number of amides is 1. The fraction of sp³-hybridized carbons (Fsp3) is 0.462. The molecule has 1 aromatic rings. The maximum Gasteiger partial charge on any atom is 0.245 e. The Labute approximate surface area is 106 Å². The van der Waals surface area contributed by atoms with Crippen LogP contribution in [-0.4, -0.2) is 25.7 Å². The highest BCUT2D eigenvalue weighted by Crippen LogP contribution is 2.32. The number of fused-ring (bicyclic) bond motifs is 1. The van der Waals surface area contributed by atoms with Gasteiger partial charge in [0.15, 0.2) is 0 Å². The van der Waals surface area contributed by atoms with Crippen molar-refractivity contribution in [3.05, 3.63) is 23.8 Å². The lowest BCUT2D eigenvalue weighted by atomic mass is 10.1. The summed E-state index contributed by atoms with van der Waals surface area (Å²) in [7, 11) is 0. The zero-order valence-corrected chi connectivity index (χ0v) is 10.4. The first-order valence-electron chi connectivity index (χ1n) is 6.13. The van der Waals surface area contributed by atoms with E-state index in [0.29, 0.717) is 19.0 Å². The summed E-state index contributed by atoms with van der Waals surface area (Å²) in [6.07, 6.45) is 1.00. The number of carbonyl (C=O) groups excluding carboxylic acids is 1. The van der Waals surface area contributed by atoms with Gasteiger partial charge in [-0.1, -0.05) is 13.0 Å². The van der Waals surface area contributed by atoms with Crippen molar-refractivity contribution in [2.75, 3.05) is 25.1 Å². The molecule has 0 saturated carbocycles. The Morgan fingerprint density at radius 2 is 2.17 bits per heavy atom. The molecule has 1 heterocycles. The monoisotopic (exact) mass is 250 g/mol. The zero-order valence-electron chi connectivity index (χ0n) is 10.4. The first-order valence-corrected chi connectivity index (χ1v) is 6.13. The minimum absolute atomic E-state index is 0.173. The fourth-order valence-corrected chi connectivity index (χ4v) is 1.82. The molecule has 3 N–H and O–H groups in total. The van der Waals surface area contributed by atoms with E-state index < -0.39 is 6.04 Å². The Bertz CT molecular complexity index is 434. The van der Waals surface area contributed by atoms with E-state index in [1.807, 2.05) is 12.1 Å². The molecule has 0 bridgehead atoms. The first kappa shape index (κ1) is 12.9. The van der Waals surface area contributed by atoms with Gasteiger partial charge in [0.2, 0.25) is 5.91 Å². The number of carbonyl (C=O) groups is 1. The molecule has 1 amide bonds. The zero-order chi connectivity index (χ0) is 13.0. The summed E-state index contributed by atoms with van der Waals surface area (Å²) in [5, 5.41) is 2.72. The van der Waals surface area contributed by atoms with Crippen molar-refractivity contribution in [1.29, 1.82) is 0 Å². The van der Waals surface area contributed by atoms with Crippen LogP contribution in [-0.2, 0) is 9.53 Å². The van der Waals surface area contributed by atoms with Gasteiger partial charge in [-0.15, -0.1) is 0 Å². The quantitative estimate of drug-likeness (QED) is 0.749. The first-order chi connectivity index (χ1) is 8.72. The van der Waals surface area contributed by atoms with Crippen LogP contribution in [0.25, 0.3) is 0 Å². The van der Waals surface area contributed by atoms with Gasteiger partial charge in [-0.2, -0.15) is 0 Å². The summed E-state index contributed by atoms with van der Waals surface area (Å²) in [6, 6.07) is 4.86. The lowest BCUT2D eigenvalue weighted by Gasteiger charge is -2.08. The number of ether oxygens (including phenoxy) is 2. The molecule has 18 heavy (non-hydrogen) atoms. The Hall–Kier alpha value is -1.59. The summed E-state index contributed by atoms with van der Waals surface area (Å²) in [5.74, 6) is 0.539. The molecular formula is C13H18N2O3. The van der Waals surface area contributed by atoms with Gasteiger partial charge in [-0.3, -0.25) is 4.79 Å². The molecule has 5 heteroatoms. The lowest BCUT2D eigenvalue weighted by Crippen LogP contribution is -2.19. The molecule has 2 rings (SSSR count). The third-order valence-corrected chi connectivity index (χ3v) is 2.75. The van der Waals surface area contributed by atoms with Gasteiger partial charge in [-0.25, -0.2) is 0 Å². The maximum atomic E-state index is 11.4. The minimum Gasteiger partial charge on any atom is -0.491 e. The number of nitrogens with one attached hydrogen (secondary N) is 1. The van der Waals surface area contributed by atoms with E-state index >= 15 is 0 Å². The Balaban J connectivity index is 1.89. The summed E-state index contributed by atoms with van der Waals surface area (Å²) < 4.78 is 10.8. The molecule has 1 aliphatic heterocycles. The molecule has 1 atom stereocenters. The molecule has 0 spiro atoms. The van der Waals surface area contributed by atoms with Gasteiger partial charge >= 0.3 is 0 Å². The normalized spacial score (nSPS) is 17.4. The second kappa shape index (κ2) is 5.84. The molecular weight excluding hydrogens is 232 g/mol. The number of hydrogen-bond acceptors (Lipinski definition) is 4. The SMILES string of the molecule is CCCOCCOc1ccc2c(c1)NC(=O)C2N. The Morgan fingerprint density at radius 1 is 1.33 bits per heavy atom. The molecule has 1 aromatic carbocycles. The van der Waals surface area contributed by atoms with E-state index in [9.17, 15) is 4.79 Å². The van der Waals surface area contributed by atoms with Crippen molar-refractivity contribution in [2.24, 2.45) is 5.73 Å². The second-order valence-corrected chi connectivity index (χ2v) is 4.18. The van der Waals surface area contributed by atoms with Crippen LogP contribution in [0.3, 0.4) is 0 Å². The summed E-state index contributed by atoms with van der Waals surface area (Å²) in [5.41, 5.74) is 7.27. The number of anilines is 1. The highest BCUT2D eigenvalue weighted by Gasteiger charge is 2.27. The van der Waals surface area contributed by atoms with Crippen LogP contribution >= 0.6 is 0 Å². The lowest BCUT2D eigenvalue weighted by molar-refractivity contribution is -0.116. The van der Waals surface area contributed by atoms with Crippen molar-refractivity contribution in [3.8, 4) is 5.75 Å². The maximum absolute atomic E-state index is 11.4. The predicted octanol–water partition coefficient (Wildman–Crippen LogP) is 1.44. The molecule has 0 aliphatic carbocycles. The summed E-state index contributed by atoms with van der Waals surface area (Å²) >= 11 is 0. The summed E-state index contributed by atoms with van der Waals surface area (Å²) in [6.45, 7) is 3.88. The van der Waals surface area contributed by atoms with Crippen molar-refractivity contribution < 1.29 is 14.3 Å². The average molecular weight is 250 g/mol. The molecule has 0 radical (unpaired) electrons. The van der Waals surface area contributed by atoms with Crippen molar-refractivity contribution in [1.82, 2.24) is 0 Å². The van der Waals surface area contributed by atoms with E-state index in [1.54, 1.807) is 6.07 Å². The highest BCUT2D eigenvalue weighted by atomic mass is 16.5. The fourth-order valence-electron chi connectivity index (χ4n) is 1.82. The number of nitrogens with two attached hydrogens (primary N) is 1. The number of benzene rings is 1. The average Bonchev–Trinajstić information content (AvgIpc) is 2.65. The topological polar surface area (TPSA) is 73.6 Å². The van der Waals surface area contributed by atoms with Crippen molar-refractivity contribution in [3.63, 3.8) is 0 Å². The van der Waals surface area contributed by atoms with E-state index in [0.717, 1.165) is 24.3 Å². The van der Waals surface area contributed by atoms with Gasteiger partial charge < -0.3 is 20.5 Å². The molecule has 98 valence electrons. The van der Waals surface area contributed by atoms with Crippen LogP contribution in [0.4, 0.5) is 5.69 Å². The highest BCUT2D eigenvalue weighted by molar-refractivity contribution is 6.02.